The molecule has 0 unspecified atom stereocenters. The van der Waals surface area contributed by atoms with Gasteiger partial charge in [-0.25, -0.2) is 13.1 Å². The summed E-state index contributed by atoms with van der Waals surface area (Å²) in [6.45, 7) is 5.31. The van der Waals surface area contributed by atoms with Gasteiger partial charge >= 0.3 is 0 Å². The van der Waals surface area contributed by atoms with E-state index in [0.29, 0.717) is 28.5 Å². The van der Waals surface area contributed by atoms with E-state index in [0.717, 1.165) is 17.9 Å². The Morgan fingerprint density at radius 3 is 2.67 bits per heavy atom. The Labute approximate surface area is 135 Å². The molecule has 0 aromatic heterocycles. The third-order valence-corrected chi connectivity index (χ3v) is 6.00. The molecule has 4 nitrogen and oxygen atoms in total. The van der Waals surface area contributed by atoms with Gasteiger partial charge in [0.05, 0.1) is 4.90 Å². The van der Waals surface area contributed by atoms with Crippen LogP contribution in [0.2, 0.25) is 0 Å². The van der Waals surface area contributed by atoms with E-state index in [2.05, 4.69) is 39.8 Å². The lowest BCUT2D eigenvalue weighted by atomic mass is 10.2. The third-order valence-electron chi connectivity index (χ3n) is 3.54. The molecule has 0 spiro atoms. The number of nitrogens with one attached hydrogen (secondary N) is 2. The van der Waals surface area contributed by atoms with Gasteiger partial charge in [0.1, 0.15) is 0 Å². The first kappa shape index (κ1) is 16.9. The molecule has 118 valence electrons. The van der Waals surface area contributed by atoms with E-state index >= 15 is 0 Å². The predicted molar refractivity (Wildman–Crippen MR) is 88.6 cm³/mol. The van der Waals surface area contributed by atoms with Gasteiger partial charge in [0, 0.05) is 23.6 Å². The number of halogens is 1. The second-order valence-electron chi connectivity index (χ2n) is 5.93. The van der Waals surface area contributed by atoms with E-state index < -0.39 is 10.0 Å². The zero-order chi connectivity index (χ0) is 15.5. The summed E-state index contributed by atoms with van der Waals surface area (Å²) >= 11 is 3.34. The maximum atomic E-state index is 12.4. The van der Waals surface area contributed by atoms with Gasteiger partial charge in [0.2, 0.25) is 10.0 Å². The van der Waals surface area contributed by atoms with Crippen LogP contribution in [-0.4, -0.2) is 21.0 Å². The summed E-state index contributed by atoms with van der Waals surface area (Å²) in [5.74, 6) is 0.720. The van der Waals surface area contributed by atoms with E-state index in [-0.39, 0.29) is 0 Å². The quantitative estimate of drug-likeness (QED) is 0.734. The number of hydrogen-bond acceptors (Lipinski definition) is 3. The first-order valence-electron chi connectivity index (χ1n) is 7.40. The normalized spacial score (nSPS) is 15.6. The van der Waals surface area contributed by atoms with Crippen LogP contribution in [0.4, 0.5) is 0 Å². The summed E-state index contributed by atoms with van der Waals surface area (Å²) in [6.07, 6.45) is 3.41. The van der Waals surface area contributed by atoms with Crippen LogP contribution in [0.25, 0.3) is 0 Å². The van der Waals surface area contributed by atoms with Crippen LogP contribution in [0.3, 0.4) is 0 Å². The van der Waals surface area contributed by atoms with Crippen LogP contribution in [0.1, 0.15) is 38.7 Å². The fraction of sp³-hybridized carbons (Fsp3) is 0.600. The zero-order valence-electron chi connectivity index (χ0n) is 12.5. The van der Waals surface area contributed by atoms with Gasteiger partial charge in [-0.3, -0.25) is 0 Å². The second kappa shape index (κ2) is 7.22. The Bertz CT molecular complexity index is 583. The molecular weight excluding hydrogens is 352 g/mol. The molecule has 1 aromatic rings. The largest absolute Gasteiger partial charge is 0.310 e. The van der Waals surface area contributed by atoms with Crippen molar-refractivity contribution in [3.05, 3.63) is 28.2 Å². The molecule has 1 saturated carbocycles. The third kappa shape index (κ3) is 5.36. The summed E-state index contributed by atoms with van der Waals surface area (Å²) in [5.41, 5.74) is 0.967. The molecule has 0 radical (unpaired) electrons. The molecule has 1 aliphatic rings. The summed E-state index contributed by atoms with van der Waals surface area (Å²) in [7, 11) is -3.44. The highest BCUT2D eigenvalue weighted by molar-refractivity contribution is 9.10. The van der Waals surface area contributed by atoms with Gasteiger partial charge < -0.3 is 5.32 Å². The summed E-state index contributed by atoms with van der Waals surface area (Å²) in [5, 5.41) is 3.30. The van der Waals surface area contributed by atoms with Crippen LogP contribution in [0, 0.1) is 5.92 Å². The second-order valence-corrected chi connectivity index (χ2v) is 8.52. The lowest BCUT2D eigenvalue weighted by molar-refractivity contribution is 0.573. The average Bonchev–Trinajstić information content (AvgIpc) is 3.21. The van der Waals surface area contributed by atoms with Crippen molar-refractivity contribution in [1.82, 2.24) is 10.0 Å². The molecule has 21 heavy (non-hydrogen) atoms. The minimum absolute atomic E-state index is 0.321. The van der Waals surface area contributed by atoms with Gasteiger partial charge in [-0.05, 0) is 46.0 Å². The Balaban J connectivity index is 2.06. The summed E-state index contributed by atoms with van der Waals surface area (Å²) in [6, 6.07) is 5.83. The molecule has 2 rings (SSSR count). The van der Waals surface area contributed by atoms with Gasteiger partial charge in [-0.15, -0.1) is 0 Å². The molecule has 0 bridgehead atoms. The van der Waals surface area contributed by atoms with Crippen molar-refractivity contribution in [2.24, 2.45) is 5.92 Å². The molecule has 0 amide bonds. The van der Waals surface area contributed by atoms with Gasteiger partial charge in [0.15, 0.2) is 0 Å². The molecule has 2 N–H and O–H groups in total. The summed E-state index contributed by atoms with van der Waals surface area (Å²) in [4.78, 5) is 0.321. The molecule has 0 saturated heterocycles. The lowest BCUT2D eigenvalue weighted by Crippen LogP contribution is -2.26. The van der Waals surface area contributed by atoms with E-state index in [9.17, 15) is 8.42 Å². The molecule has 0 aliphatic heterocycles. The number of hydrogen-bond donors (Lipinski definition) is 2. The Hall–Kier alpha value is -0.430. The minimum Gasteiger partial charge on any atom is -0.310 e. The van der Waals surface area contributed by atoms with Crippen molar-refractivity contribution < 1.29 is 8.42 Å². The van der Waals surface area contributed by atoms with Crippen LogP contribution in [0.15, 0.2) is 27.6 Å². The van der Waals surface area contributed by atoms with Gasteiger partial charge in [-0.2, -0.15) is 0 Å². The molecule has 1 aliphatic carbocycles. The lowest BCUT2D eigenvalue weighted by Gasteiger charge is -2.12. The van der Waals surface area contributed by atoms with Crippen LogP contribution in [0.5, 0.6) is 0 Å². The van der Waals surface area contributed by atoms with E-state index in [1.165, 1.54) is 12.8 Å². The topological polar surface area (TPSA) is 58.2 Å². The van der Waals surface area contributed by atoms with E-state index in [1.54, 1.807) is 12.1 Å². The van der Waals surface area contributed by atoms with Crippen LogP contribution >= 0.6 is 15.9 Å². The molecule has 0 atom stereocenters. The fourth-order valence-corrected chi connectivity index (χ4v) is 4.13. The Morgan fingerprint density at radius 2 is 2.05 bits per heavy atom. The monoisotopic (exact) mass is 374 g/mol. The van der Waals surface area contributed by atoms with E-state index in [1.807, 2.05) is 6.07 Å². The highest BCUT2D eigenvalue weighted by atomic mass is 79.9. The van der Waals surface area contributed by atoms with Crippen molar-refractivity contribution >= 4 is 26.0 Å². The van der Waals surface area contributed by atoms with Gasteiger partial charge in [0.25, 0.3) is 0 Å². The number of benzene rings is 1. The highest BCUT2D eigenvalue weighted by Gasteiger charge is 2.23. The predicted octanol–water partition coefficient (Wildman–Crippen LogP) is 3.03. The average molecular weight is 375 g/mol. The fourth-order valence-electron chi connectivity index (χ4n) is 2.07. The van der Waals surface area contributed by atoms with Crippen molar-refractivity contribution in [3.63, 3.8) is 0 Å². The Morgan fingerprint density at radius 1 is 1.33 bits per heavy atom. The molecule has 6 heteroatoms. The standard InChI is InChI=1S/C15H23BrN2O2S/c1-11(2)17-10-13-5-6-14(16)15(9-13)21(19,20)18-8-7-12-3-4-12/h5-6,9,11-12,17-18H,3-4,7-8,10H2,1-2H3. The summed E-state index contributed by atoms with van der Waals surface area (Å²) < 4.78 is 28.1. The molecule has 0 heterocycles. The van der Waals surface area contributed by atoms with Gasteiger partial charge in [-0.1, -0.05) is 32.8 Å². The van der Waals surface area contributed by atoms with Crippen molar-refractivity contribution in [2.45, 2.75) is 50.6 Å². The smallest absolute Gasteiger partial charge is 0.241 e. The zero-order valence-corrected chi connectivity index (χ0v) is 14.9. The number of sulfonamides is 1. The maximum Gasteiger partial charge on any atom is 0.241 e. The minimum atomic E-state index is -3.44. The molecule has 1 fully saturated rings. The van der Waals surface area contributed by atoms with Crippen LogP contribution in [-0.2, 0) is 16.6 Å². The first-order chi connectivity index (χ1) is 9.88. The van der Waals surface area contributed by atoms with E-state index in [4.69, 9.17) is 0 Å². The molecule has 1 aromatic carbocycles. The SMILES string of the molecule is CC(C)NCc1ccc(Br)c(S(=O)(=O)NCCC2CC2)c1. The molecular formula is C15H23BrN2O2S. The van der Waals surface area contributed by atoms with Crippen molar-refractivity contribution in [3.8, 4) is 0 Å². The first-order valence-corrected chi connectivity index (χ1v) is 9.67. The van der Waals surface area contributed by atoms with Crippen LogP contribution < -0.4 is 10.0 Å². The number of rotatable bonds is 8. The maximum absolute atomic E-state index is 12.4. The Kier molecular flexibility index (Phi) is 5.82. The highest BCUT2D eigenvalue weighted by Crippen LogP contribution is 2.32. The van der Waals surface area contributed by atoms with Crippen molar-refractivity contribution in [2.75, 3.05) is 6.54 Å². The van der Waals surface area contributed by atoms with Crippen molar-refractivity contribution in [1.29, 1.82) is 0 Å².